The second kappa shape index (κ2) is 8.54. The van der Waals surface area contributed by atoms with Gasteiger partial charge in [0.25, 0.3) is 0 Å². The van der Waals surface area contributed by atoms with Crippen LogP contribution in [0.1, 0.15) is 51.9 Å². The fraction of sp³-hybridized carbons (Fsp3) is 0.900. The molecule has 0 saturated carbocycles. The van der Waals surface area contributed by atoms with Gasteiger partial charge >= 0.3 is 5.97 Å². The SMILES string of the molecule is CCCCC(Br)CCCCC(=O)O. The highest BCUT2D eigenvalue weighted by atomic mass is 79.9. The van der Waals surface area contributed by atoms with Gasteiger partial charge in [0.2, 0.25) is 0 Å². The zero-order valence-corrected chi connectivity index (χ0v) is 9.85. The van der Waals surface area contributed by atoms with E-state index in [1.807, 2.05) is 0 Å². The Morgan fingerprint density at radius 3 is 2.46 bits per heavy atom. The monoisotopic (exact) mass is 250 g/mol. The van der Waals surface area contributed by atoms with Crippen molar-refractivity contribution in [3.8, 4) is 0 Å². The van der Waals surface area contributed by atoms with Crippen LogP contribution < -0.4 is 0 Å². The Morgan fingerprint density at radius 1 is 1.31 bits per heavy atom. The Balaban J connectivity index is 3.16. The zero-order chi connectivity index (χ0) is 10.1. The Kier molecular flexibility index (Phi) is 8.51. The van der Waals surface area contributed by atoms with Crippen LogP contribution in [0.3, 0.4) is 0 Å². The lowest BCUT2D eigenvalue weighted by atomic mass is 10.1. The van der Waals surface area contributed by atoms with E-state index in [1.165, 1.54) is 19.3 Å². The lowest BCUT2D eigenvalue weighted by Gasteiger charge is -2.07. The van der Waals surface area contributed by atoms with E-state index in [1.54, 1.807) is 0 Å². The van der Waals surface area contributed by atoms with Crippen molar-refractivity contribution in [3.63, 3.8) is 0 Å². The van der Waals surface area contributed by atoms with Crippen molar-refractivity contribution in [2.24, 2.45) is 0 Å². The molecule has 0 spiro atoms. The molecule has 2 nitrogen and oxygen atoms in total. The maximum atomic E-state index is 10.2. The summed E-state index contributed by atoms with van der Waals surface area (Å²) < 4.78 is 0. The number of halogens is 1. The largest absolute Gasteiger partial charge is 0.481 e. The van der Waals surface area contributed by atoms with Gasteiger partial charge in [0.1, 0.15) is 0 Å². The van der Waals surface area contributed by atoms with Gasteiger partial charge in [0.05, 0.1) is 0 Å². The predicted molar refractivity (Wildman–Crippen MR) is 58.3 cm³/mol. The Bertz CT molecular complexity index is 137. The maximum absolute atomic E-state index is 10.2. The van der Waals surface area contributed by atoms with Gasteiger partial charge in [-0.25, -0.2) is 0 Å². The lowest BCUT2D eigenvalue weighted by Crippen LogP contribution is -1.99. The molecular formula is C10H19BrO2. The highest BCUT2D eigenvalue weighted by molar-refractivity contribution is 9.09. The molecule has 0 saturated heterocycles. The topological polar surface area (TPSA) is 37.3 Å². The van der Waals surface area contributed by atoms with Crippen LogP contribution >= 0.6 is 15.9 Å². The van der Waals surface area contributed by atoms with E-state index in [0.29, 0.717) is 11.2 Å². The predicted octanol–water partition coefficient (Wildman–Crippen LogP) is 3.59. The first-order valence-electron chi connectivity index (χ1n) is 5.02. The van der Waals surface area contributed by atoms with E-state index in [2.05, 4.69) is 22.9 Å². The molecule has 0 bridgehead atoms. The van der Waals surface area contributed by atoms with Gasteiger partial charge in [-0.3, -0.25) is 4.79 Å². The van der Waals surface area contributed by atoms with E-state index >= 15 is 0 Å². The molecule has 1 unspecified atom stereocenters. The standard InChI is InChI=1S/C10H19BrO2/c1-2-3-6-9(11)7-4-5-8-10(12)13/h9H,2-8H2,1H3,(H,12,13). The molecule has 0 aliphatic carbocycles. The van der Waals surface area contributed by atoms with E-state index in [-0.39, 0.29) is 0 Å². The summed E-state index contributed by atoms with van der Waals surface area (Å²) in [6.07, 6.45) is 6.95. The maximum Gasteiger partial charge on any atom is 0.303 e. The molecule has 3 heteroatoms. The molecule has 0 rings (SSSR count). The number of unbranched alkanes of at least 4 members (excludes halogenated alkanes) is 2. The third-order valence-corrected chi connectivity index (χ3v) is 2.94. The van der Waals surface area contributed by atoms with Crippen molar-refractivity contribution < 1.29 is 9.90 Å². The van der Waals surface area contributed by atoms with E-state index in [0.717, 1.165) is 19.3 Å². The normalized spacial score (nSPS) is 12.8. The smallest absolute Gasteiger partial charge is 0.303 e. The molecule has 0 aromatic rings. The number of carbonyl (C=O) groups is 1. The van der Waals surface area contributed by atoms with Crippen molar-refractivity contribution in [2.45, 2.75) is 56.7 Å². The number of hydrogen-bond donors (Lipinski definition) is 1. The first-order chi connectivity index (χ1) is 6.16. The molecule has 13 heavy (non-hydrogen) atoms. The first kappa shape index (κ1) is 12.9. The zero-order valence-electron chi connectivity index (χ0n) is 8.26. The van der Waals surface area contributed by atoms with Crippen LogP contribution in [-0.4, -0.2) is 15.9 Å². The molecular weight excluding hydrogens is 232 g/mol. The summed E-state index contributed by atoms with van der Waals surface area (Å²) in [6.45, 7) is 2.18. The lowest BCUT2D eigenvalue weighted by molar-refractivity contribution is -0.137. The highest BCUT2D eigenvalue weighted by Gasteiger charge is 2.03. The third kappa shape index (κ3) is 9.87. The number of rotatable bonds is 8. The Hall–Kier alpha value is -0.0500. The van der Waals surface area contributed by atoms with Crippen LogP contribution in [0, 0.1) is 0 Å². The molecule has 0 aliphatic rings. The summed E-state index contributed by atoms with van der Waals surface area (Å²) >= 11 is 3.60. The molecule has 1 atom stereocenters. The quantitative estimate of drug-likeness (QED) is 0.528. The summed E-state index contributed by atoms with van der Waals surface area (Å²) in [5, 5.41) is 8.41. The van der Waals surface area contributed by atoms with Crippen LogP contribution in [0.5, 0.6) is 0 Å². The summed E-state index contributed by atoms with van der Waals surface area (Å²) in [5.41, 5.74) is 0. The molecule has 1 N–H and O–H groups in total. The van der Waals surface area contributed by atoms with Gasteiger partial charge in [0.15, 0.2) is 0 Å². The summed E-state index contributed by atoms with van der Waals surface area (Å²) in [7, 11) is 0. The van der Waals surface area contributed by atoms with E-state index in [9.17, 15) is 4.79 Å². The molecule has 0 aliphatic heterocycles. The van der Waals surface area contributed by atoms with Gasteiger partial charge in [-0.05, 0) is 19.3 Å². The molecule has 0 aromatic heterocycles. The second-order valence-corrected chi connectivity index (χ2v) is 4.67. The Morgan fingerprint density at radius 2 is 1.92 bits per heavy atom. The van der Waals surface area contributed by atoms with Gasteiger partial charge in [0, 0.05) is 11.2 Å². The first-order valence-corrected chi connectivity index (χ1v) is 5.94. The van der Waals surface area contributed by atoms with Crippen molar-refractivity contribution in [1.29, 1.82) is 0 Å². The molecule has 78 valence electrons. The molecule has 0 heterocycles. The van der Waals surface area contributed by atoms with Crippen LogP contribution in [0.25, 0.3) is 0 Å². The second-order valence-electron chi connectivity index (χ2n) is 3.38. The minimum atomic E-state index is -0.681. The molecule has 0 radical (unpaired) electrons. The van der Waals surface area contributed by atoms with Crippen LogP contribution in [0.15, 0.2) is 0 Å². The minimum absolute atomic E-state index is 0.313. The van der Waals surface area contributed by atoms with E-state index in [4.69, 9.17) is 5.11 Å². The third-order valence-electron chi connectivity index (χ3n) is 2.03. The van der Waals surface area contributed by atoms with Crippen molar-refractivity contribution >= 4 is 21.9 Å². The van der Waals surface area contributed by atoms with Gasteiger partial charge in [-0.2, -0.15) is 0 Å². The number of carboxylic acid groups (broad SMARTS) is 1. The Labute approximate surface area is 88.8 Å². The van der Waals surface area contributed by atoms with Crippen molar-refractivity contribution in [2.75, 3.05) is 0 Å². The average molecular weight is 251 g/mol. The summed E-state index contributed by atoms with van der Waals surface area (Å²) in [5.74, 6) is -0.681. The number of hydrogen-bond acceptors (Lipinski definition) is 1. The van der Waals surface area contributed by atoms with Crippen LogP contribution in [0.4, 0.5) is 0 Å². The number of alkyl halides is 1. The molecule has 0 aromatic carbocycles. The number of carboxylic acids is 1. The molecule has 0 fully saturated rings. The summed E-state index contributed by atoms with van der Waals surface area (Å²) in [6, 6.07) is 0. The fourth-order valence-corrected chi connectivity index (χ4v) is 1.86. The van der Waals surface area contributed by atoms with Crippen molar-refractivity contribution in [3.05, 3.63) is 0 Å². The number of aliphatic carboxylic acids is 1. The summed E-state index contributed by atoms with van der Waals surface area (Å²) in [4.78, 5) is 10.8. The highest BCUT2D eigenvalue weighted by Crippen LogP contribution is 2.16. The minimum Gasteiger partial charge on any atom is -0.481 e. The van der Waals surface area contributed by atoms with E-state index < -0.39 is 5.97 Å². The van der Waals surface area contributed by atoms with Crippen LogP contribution in [-0.2, 0) is 4.79 Å². The average Bonchev–Trinajstić information content (AvgIpc) is 2.08. The molecule has 0 amide bonds. The van der Waals surface area contributed by atoms with Gasteiger partial charge < -0.3 is 5.11 Å². The van der Waals surface area contributed by atoms with Gasteiger partial charge in [-0.1, -0.05) is 42.1 Å². The van der Waals surface area contributed by atoms with Gasteiger partial charge in [-0.15, -0.1) is 0 Å². The fourth-order valence-electron chi connectivity index (χ4n) is 1.21. The van der Waals surface area contributed by atoms with Crippen molar-refractivity contribution in [1.82, 2.24) is 0 Å². The van der Waals surface area contributed by atoms with Crippen LogP contribution in [0.2, 0.25) is 0 Å².